The summed E-state index contributed by atoms with van der Waals surface area (Å²) in [5.41, 5.74) is 0. The molecule has 0 radical (unpaired) electrons. The SMILES string of the molecule is CC#[C][Sn]([CH3])([CH3])[CH3]. The minimum absolute atomic E-state index is 1.64. The average Bonchev–Trinajstić information content (AvgIpc) is 1.30. The molecule has 0 unspecified atom stereocenters. The fraction of sp³-hybridized carbons (Fsp3) is 0.667. The maximum absolute atomic E-state index is 3.24. The Hall–Kier alpha value is 0.359. The summed E-state index contributed by atoms with van der Waals surface area (Å²) in [6, 6.07) is 0. The summed E-state index contributed by atoms with van der Waals surface area (Å²) in [4.78, 5) is 6.93. The number of hydrogen-bond donors (Lipinski definition) is 0. The van der Waals surface area contributed by atoms with Crippen LogP contribution in [0.4, 0.5) is 0 Å². The van der Waals surface area contributed by atoms with Crippen molar-refractivity contribution < 1.29 is 0 Å². The zero-order valence-electron chi connectivity index (χ0n) is 5.50. The van der Waals surface area contributed by atoms with E-state index in [4.69, 9.17) is 0 Å². The van der Waals surface area contributed by atoms with E-state index in [0.717, 1.165) is 0 Å². The molecule has 0 aromatic rings. The molecule has 0 aromatic heterocycles. The number of rotatable bonds is 0. The van der Waals surface area contributed by atoms with E-state index in [1.165, 1.54) is 0 Å². The van der Waals surface area contributed by atoms with E-state index in [0.29, 0.717) is 0 Å². The first-order chi connectivity index (χ1) is 3.06. The molecule has 0 aliphatic heterocycles. The van der Waals surface area contributed by atoms with Gasteiger partial charge in [-0.25, -0.2) is 0 Å². The van der Waals surface area contributed by atoms with Crippen molar-refractivity contribution in [1.29, 1.82) is 0 Å². The normalized spacial score (nSPS) is 9.71. The predicted octanol–water partition coefficient (Wildman–Crippen LogP) is 1.89. The van der Waals surface area contributed by atoms with Gasteiger partial charge in [0.15, 0.2) is 0 Å². The van der Waals surface area contributed by atoms with Gasteiger partial charge in [-0.05, 0) is 0 Å². The molecule has 0 bridgehead atoms. The summed E-state index contributed by atoms with van der Waals surface area (Å²) in [7, 11) is 0. The van der Waals surface area contributed by atoms with E-state index in [1.54, 1.807) is 0 Å². The van der Waals surface area contributed by atoms with Crippen molar-refractivity contribution in [2.75, 3.05) is 0 Å². The zero-order valence-corrected chi connectivity index (χ0v) is 8.35. The van der Waals surface area contributed by atoms with Crippen molar-refractivity contribution in [3.05, 3.63) is 0 Å². The molecule has 0 saturated carbocycles. The van der Waals surface area contributed by atoms with Crippen LogP contribution in [-0.2, 0) is 0 Å². The van der Waals surface area contributed by atoms with Gasteiger partial charge >= 0.3 is 50.0 Å². The van der Waals surface area contributed by atoms with E-state index in [2.05, 4.69) is 24.7 Å². The molecule has 1 heteroatoms. The second-order valence-corrected chi connectivity index (χ2v) is 16.2. The molecule has 0 N–H and O–H groups in total. The Morgan fingerprint density at radius 3 is 1.57 bits per heavy atom. The van der Waals surface area contributed by atoms with E-state index in [-0.39, 0.29) is 0 Å². The standard InChI is InChI=1S/C3H3.3CH3.Sn/c1-3-2;;;;/h1H3;3*1H3;. The van der Waals surface area contributed by atoms with Crippen LogP contribution in [-0.4, -0.2) is 18.4 Å². The number of hydrogen-bond acceptors (Lipinski definition) is 0. The van der Waals surface area contributed by atoms with E-state index in [9.17, 15) is 0 Å². The molecule has 0 fully saturated rings. The van der Waals surface area contributed by atoms with Gasteiger partial charge in [0.1, 0.15) is 0 Å². The van der Waals surface area contributed by atoms with Crippen molar-refractivity contribution in [2.45, 2.75) is 21.7 Å². The third kappa shape index (κ3) is 6.36. The molecule has 0 aliphatic carbocycles. The van der Waals surface area contributed by atoms with Crippen molar-refractivity contribution in [3.63, 3.8) is 0 Å². The summed E-state index contributed by atoms with van der Waals surface area (Å²) in [6.45, 7) is 1.92. The van der Waals surface area contributed by atoms with Crippen LogP contribution in [0.5, 0.6) is 0 Å². The minimum atomic E-state index is -1.64. The Labute approximate surface area is 50.2 Å². The monoisotopic (exact) mass is 204 g/mol. The molecular formula is C6H12Sn. The molecule has 0 aromatic carbocycles. The topological polar surface area (TPSA) is 0 Å². The van der Waals surface area contributed by atoms with E-state index < -0.39 is 18.4 Å². The van der Waals surface area contributed by atoms with Crippen molar-refractivity contribution in [1.82, 2.24) is 0 Å². The third-order valence-corrected chi connectivity index (χ3v) is 3.35. The van der Waals surface area contributed by atoms with Gasteiger partial charge in [-0.1, -0.05) is 0 Å². The molecular weight excluding hydrogens is 191 g/mol. The van der Waals surface area contributed by atoms with E-state index in [1.807, 2.05) is 6.92 Å². The fourth-order valence-electron chi connectivity index (χ4n) is 0.375. The first-order valence-corrected chi connectivity index (χ1v) is 12.5. The maximum atomic E-state index is 3.24. The predicted molar refractivity (Wildman–Crippen MR) is 36.8 cm³/mol. The van der Waals surface area contributed by atoms with E-state index >= 15 is 0 Å². The van der Waals surface area contributed by atoms with Gasteiger partial charge in [-0.15, -0.1) is 0 Å². The van der Waals surface area contributed by atoms with Crippen LogP contribution in [0.25, 0.3) is 0 Å². The molecule has 0 spiro atoms. The van der Waals surface area contributed by atoms with Gasteiger partial charge in [0.25, 0.3) is 0 Å². The fourth-order valence-corrected chi connectivity index (χ4v) is 2.52. The Kier molecular flexibility index (Phi) is 2.75. The van der Waals surface area contributed by atoms with Crippen LogP contribution in [0.15, 0.2) is 0 Å². The molecule has 0 nitrogen and oxygen atoms in total. The molecule has 0 rings (SSSR count). The van der Waals surface area contributed by atoms with Crippen LogP contribution in [0.1, 0.15) is 6.92 Å². The molecule has 40 valence electrons. The van der Waals surface area contributed by atoms with Crippen LogP contribution in [0.3, 0.4) is 0 Å². The molecule has 7 heavy (non-hydrogen) atoms. The van der Waals surface area contributed by atoms with Crippen molar-refractivity contribution in [3.8, 4) is 9.86 Å². The third-order valence-electron chi connectivity index (χ3n) is 0.500. The van der Waals surface area contributed by atoms with Gasteiger partial charge in [0.2, 0.25) is 0 Å². The second-order valence-electron chi connectivity index (χ2n) is 2.62. The van der Waals surface area contributed by atoms with Gasteiger partial charge in [0, 0.05) is 0 Å². The molecule has 0 amide bonds. The Morgan fingerprint density at radius 2 is 1.57 bits per heavy atom. The van der Waals surface area contributed by atoms with Gasteiger partial charge < -0.3 is 0 Å². The summed E-state index contributed by atoms with van der Waals surface area (Å²) >= 11 is -1.64. The molecule has 0 atom stereocenters. The summed E-state index contributed by atoms with van der Waals surface area (Å²) < 4.78 is 3.24. The quantitative estimate of drug-likeness (QED) is 0.416. The molecule has 0 heterocycles. The van der Waals surface area contributed by atoms with Crippen molar-refractivity contribution in [2.24, 2.45) is 0 Å². The Balaban J connectivity index is 3.72. The van der Waals surface area contributed by atoms with Gasteiger partial charge in [0.05, 0.1) is 0 Å². The van der Waals surface area contributed by atoms with Gasteiger partial charge in [-0.3, -0.25) is 0 Å². The second kappa shape index (κ2) is 2.61. The van der Waals surface area contributed by atoms with Gasteiger partial charge in [-0.2, -0.15) is 0 Å². The van der Waals surface area contributed by atoms with Crippen LogP contribution < -0.4 is 0 Å². The van der Waals surface area contributed by atoms with Crippen LogP contribution in [0, 0.1) is 9.86 Å². The molecule has 0 saturated heterocycles. The zero-order chi connectivity index (χ0) is 5.91. The summed E-state index contributed by atoms with van der Waals surface area (Å²) in [5, 5.41) is 0. The Morgan fingerprint density at radius 1 is 1.14 bits per heavy atom. The van der Waals surface area contributed by atoms with Crippen LogP contribution >= 0.6 is 0 Å². The first-order valence-electron chi connectivity index (χ1n) is 2.50. The van der Waals surface area contributed by atoms with Crippen molar-refractivity contribution >= 4 is 18.4 Å². The average molecular weight is 203 g/mol. The first kappa shape index (κ1) is 7.36. The Bertz CT molecular complexity index is 97.6. The molecule has 0 aliphatic rings. The summed E-state index contributed by atoms with van der Waals surface area (Å²) in [6.07, 6.45) is 0. The summed E-state index contributed by atoms with van der Waals surface area (Å²) in [5.74, 6) is 2.95. The van der Waals surface area contributed by atoms with Crippen LogP contribution in [0.2, 0.25) is 14.8 Å².